The van der Waals surface area contributed by atoms with E-state index in [1.807, 2.05) is 44.4 Å². The molecule has 2 aromatic carbocycles. The van der Waals surface area contributed by atoms with E-state index in [1.54, 1.807) is 11.6 Å². The first-order valence-corrected chi connectivity index (χ1v) is 11.7. The standard InChI is InChI=1S/C27H35N7O/c1-16(2)10-18-6-9-22(20(12-18)13-28)23-15-34(5)25(29)24(33-23)27(31)35-26(30)21-8-7-19(14-32-4)11-17(21)3/h6-9,11-12,15-16,29-32H,10,13-14,28H2,1-5H3/p+1. The highest BCUT2D eigenvalue weighted by Gasteiger charge is 2.22. The zero-order valence-electron chi connectivity index (χ0n) is 21.2. The predicted molar refractivity (Wildman–Crippen MR) is 140 cm³/mol. The highest BCUT2D eigenvalue weighted by molar-refractivity contribution is 6.06. The Balaban J connectivity index is 1.92. The Hall–Kier alpha value is -3.62. The molecule has 8 nitrogen and oxygen atoms in total. The molecule has 7 N–H and O–H groups in total. The van der Waals surface area contributed by atoms with Crippen LogP contribution >= 0.6 is 0 Å². The molecule has 1 aromatic heterocycles. The summed E-state index contributed by atoms with van der Waals surface area (Å²) >= 11 is 0. The van der Waals surface area contributed by atoms with Gasteiger partial charge in [0, 0.05) is 24.2 Å². The molecule has 0 aliphatic carbocycles. The van der Waals surface area contributed by atoms with Gasteiger partial charge < -0.3 is 15.8 Å². The molecular weight excluding hydrogens is 438 g/mol. The van der Waals surface area contributed by atoms with E-state index in [0.29, 0.717) is 23.7 Å². The topological polar surface area (TPSA) is 138 Å². The third-order valence-corrected chi connectivity index (χ3v) is 5.82. The van der Waals surface area contributed by atoms with Crippen LogP contribution in [0.4, 0.5) is 5.82 Å². The van der Waals surface area contributed by atoms with E-state index in [4.69, 9.17) is 27.0 Å². The third kappa shape index (κ3) is 6.09. The lowest BCUT2D eigenvalue weighted by atomic mass is 9.96. The van der Waals surface area contributed by atoms with Crippen molar-refractivity contribution in [3.05, 3.63) is 76.1 Å². The molecule has 3 rings (SSSR count). The normalized spacial score (nSPS) is 11.1. The second-order valence-electron chi connectivity index (χ2n) is 9.20. The molecule has 0 saturated carbocycles. The van der Waals surface area contributed by atoms with Gasteiger partial charge in [0.05, 0.1) is 7.05 Å². The monoisotopic (exact) mass is 474 g/mol. The van der Waals surface area contributed by atoms with Crippen LogP contribution < -0.4 is 21.4 Å². The van der Waals surface area contributed by atoms with Gasteiger partial charge in [-0.3, -0.25) is 16.6 Å². The molecule has 0 unspecified atom stereocenters. The van der Waals surface area contributed by atoms with Gasteiger partial charge in [-0.2, -0.15) is 0 Å². The number of nitrogens with one attached hydrogen (secondary N) is 3. The fourth-order valence-corrected chi connectivity index (χ4v) is 4.09. The summed E-state index contributed by atoms with van der Waals surface area (Å²) in [6, 6.07) is 12.0. The lowest BCUT2D eigenvalue weighted by molar-refractivity contribution is -0.656. The van der Waals surface area contributed by atoms with E-state index in [2.05, 4.69) is 36.3 Å². The Bertz CT molecular complexity index is 1250. The van der Waals surface area contributed by atoms with Crippen molar-refractivity contribution in [2.24, 2.45) is 18.7 Å². The minimum atomic E-state index is -0.283. The summed E-state index contributed by atoms with van der Waals surface area (Å²) in [4.78, 5) is 4.65. The van der Waals surface area contributed by atoms with Gasteiger partial charge in [0.1, 0.15) is 11.9 Å². The zero-order valence-corrected chi connectivity index (χ0v) is 21.2. The summed E-state index contributed by atoms with van der Waals surface area (Å²) < 4.78 is 7.33. The Morgan fingerprint density at radius 3 is 2.46 bits per heavy atom. The van der Waals surface area contributed by atoms with Crippen LogP contribution in [0.2, 0.25) is 0 Å². The number of aromatic nitrogens is 2. The average Bonchev–Trinajstić information content (AvgIpc) is 2.80. The molecule has 0 aliphatic heterocycles. The molecule has 0 bridgehead atoms. The molecule has 184 valence electrons. The minimum absolute atomic E-state index is 0.126. The number of anilines is 1. The number of benzene rings is 2. The van der Waals surface area contributed by atoms with Crippen LogP contribution in [0, 0.1) is 23.7 Å². The fourth-order valence-electron chi connectivity index (χ4n) is 4.09. The highest BCUT2D eigenvalue weighted by atomic mass is 16.5. The van der Waals surface area contributed by atoms with Gasteiger partial charge in [-0.15, -0.1) is 0 Å². The van der Waals surface area contributed by atoms with Crippen LogP contribution in [-0.4, -0.2) is 23.8 Å². The summed E-state index contributed by atoms with van der Waals surface area (Å²) in [5.41, 5.74) is 18.8. The second-order valence-corrected chi connectivity index (χ2v) is 9.20. The Morgan fingerprint density at radius 2 is 1.83 bits per heavy atom. The van der Waals surface area contributed by atoms with E-state index < -0.39 is 0 Å². The molecule has 0 fully saturated rings. The van der Waals surface area contributed by atoms with Gasteiger partial charge >= 0.3 is 5.82 Å². The van der Waals surface area contributed by atoms with Gasteiger partial charge in [-0.25, -0.2) is 9.55 Å². The molecular formula is C27H36N7O+. The quantitative estimate of drug-likeness (QED) is 0.194. The van der Waals surface area contributed by atoms with Crippen molar-refractivity contribution < 1.29 is 9.30 Å². The Morgan fingerprint density at radius 1 is 1.11 bits per heavy atom. The van der Waals surface area contributed by atoms with E-state index in [0.717, 1.165) is 35.2 Å². The maximum Gasteiger partial charge on any atom is 0.304 e. The number of aryl methyl sites for hydroxylation is 2. The average molecular weight is 475 g/mol. The molecule has 0 spiro atoms. The molecule has 0 saturated heterocycles. The number of rotatable bonds is 8. The first-order valence-electron chi connectivity index (χ1n) is 11.7. The van der Waals surface area contributed by atoms with E-state index in [-0.39, 0.29) is 23.3 Å². The maximum atomic E-state index is 8.54. The molecule has 0 amide bonds. The number of nitrogens with zero attached hydrogens (tertiary/aromatic N) is 2. The van der Waals surface area contributed by atoms with Crippen LogP contribution in [0.25, 0.3) is 11.3 Å². The summed E-state index contributed by atoms with van der Waals surface area (Å²) in [6.45, 7) is 7.39. The molecule has 35 heavy (non-hydrogen) atoms. The highest BCUT2D eigenvalue weighted by Crippen LogP contribution is 2.25. The minimum Gasteiger partial charge on any atom is -0.419 e. The molecule has 1 heterocycles. The predicted octanol–water partition coefficient (Wildman–Crippen LogP) is 3.21. The second kappa shape index (κ2) is 11.2. The van der Waals surface area contributed by atoms with Crippen LogP contribution in [0.5, 0.6) is 0 Å². The van der Waals surface area contributed by atoms with Crippen LogP contribution in [0.3, 0.4) is 0 Å². The van der Waals surface area contributed by atoms with E-state index >= 15 is 0 Å². The van der Waals surface area contributed by atoms with Crippen molar-refractivity contribution in [1.82, 2.24) is 10.3 Å². The number of nitrogens with two attached hydrogens (primary N) is 2. The summed E-state index contributed by atoms with van der Waals surface area (Å²) in [5, 5.41) is 20.1. The zero-order chi connectivity index (χ0) is 25.7. The van der Waals surface area contributed by atoms with Crippen LogP contribution in [-0.2, 0) is 31.3 Å². The number of hydrogen-bond acceptors (Lipinski definition) is 7. The van der Waals surface area contributed by atoms with Gasteiger partial charge in [-0.05, 0) is 54.6 Å². The molecule has 0 atom stereocenters. The number of ether oxygens (including phenoxy) is 1. The van der Waals surface area contributed by atoms with Crippen molar-refractivity contribution in [3.8, 4) is 11.3 Å². The van der Waals surface area contributed by atoms with Gasteiger partial charge in [-0.1, -0.05) is 44.2 Å². The Kier molecular flexibility index (Phi) is 8.32. The van der Waals surface area contributed by atoms with Gasteiger partial charge in [0.25, 0.3) is 0 Å². The molecule has 8 heteroatoms. The molecule has 0 radical (unpaired) electrons. The number of hydrogen-bond donors (Lipinski definition) is 5. The van der Waals surface area contributed by atoms with Crippen molar-refractivity contribution in [2.75, 3.05) is 12.8 Å². The van der Waals surface area contributed by atoms with E-state index in [9.17, 15) is 0 Å². The van der Waals surface area contributed by atoms with Gasteiger partial charge in [0.2, 0.25) is 17.5 Å². The maximum absolute atomic E-state index is 8.54. The molecule has 3 aromatic rings. The first-order chi connectivity index (χ1) is 16.6. The lowest BCUT2D eigenvalue weighted by Gasteiger charge is -2.14. The smallest absolute Gasteiger partial charge is 0.304 e. The van der Waals surface area contributed by atoms with Gasteiger partial charge in [0.15, 0.2) is 0 Å². The first kappa shape index (κ1) is 26.0. The Labute approximate surface area is 207 Å². The molecule has 0 aliphatic rings. The van der Waals surface area contributed by atoms with Crippen molar-refractivity contribution >= 4 is 17.6 Å². The van der Waals surface area contributed by atoms with Crippen LogP contribution in [0.1, 0.15) is 47.4 Å². The lowest BCUT2D eigenvalue weighted by Crippen LogP contribution is -2.36. The summed E-state index contributed by atoms with van der Waals surface area (Å²) in [6.07, 6.45) is 2.79. The third-order valence-electron chi connectivity index (χ3n) is 5.82. The van der Waals surface area contributed by atoms with Crippen LogP contribution in [0.15, 0.2) is 42.6 Å². The SMILES string of the molecule is CNCc1ccc(C(=N)OC(=N)c2nc(-c3ccc(CC(C)C)cc3CN)c[n+](C)c2N)c(C)c1. The van der Waals surface area contributed by atoms with Crippen molar-refractivity contribution in [3.63, 3.8) is 0 Å². The summed E-state index contributed by atoms with van der Waals surface area (Å²) in [5.74, 6) is 0.410. The van der Waals surface area contributed by atoms with Crippen molar-refractivity contribution in [2.45, 2.75) is 40.3 Å². The number of nitrogen functional groups attached to an aromatic ring is 1. The largest absolute Gasteiger partial charge is 0.419 e. The van der Waals surface area contributed by atoms with E-state index in [1.165, 1.54) is 5.56 Å². The fraction of sp³-hybridized carbons (Fsp3) is 0.333. The summed E-state index contributed by atoms with van der Waals surface area (Å²) in [7, 11) is 3.68. The van der Waals surface area contributed by atoms with Crippen molar-refractivity contribution in [1.29, 1.82) is 10.8 Å².